The standard InChI is InChI=1S/C29H28N2O4S/c1-18(2)35-26-21(10-9-13-25(26)34-5)17-24-27(32)30(22-11-7-6-8-12-22)29(36)31(28(24)33)23-15-14-19(3)20(4)16-23/h6-18H,1-5H3/b24-17-. The smallest absolute Gasteiger partial charge is 0.270 e. The molecule has 3 aromatic rings. The Kier molecular flexibility index (Phi) is 7.22. The van der Waals surface area contributed by atoms with Crippen molar-refractivity contribution in [3.63, 3.8) is 0 Å². The molecule has 3 aromatic carbocycles. The van der Waals surface area contributed by atoms with E-state index in [9.17, 15) is 9.59 Å². The number of para-hydroxylation sites is 2. The Hall–Kier alpha value is -3.97. The highest BCUT2D eigenvalue weighted by atomic mass is 32.1. The first-order chi connectivity index (χ1) is 17.2. The second-order valence-electron chi connectivity index (χ2n) is 8.77. The van der Waals surface area contributed by atoms with Crippen LogP contribution in [0, 0.1) is 13.8 Å². The molecule has 1 aliphatic heterocycles. The van der Waals surface area contributed by atoms with Crippen molar-refractivity contribution < 1.29 is 19.1 Å². The zero-order chi connectivity index (χ0) is 26.0. The van der Waals surface area contributed by atoms with Gasteiger partial charge in [-0.05, 0) is 87.4 Å². The number of ether oxygens (including phenoxy) is 2. The molecule has 0 spiro atoms. The van der Waals surface area contributed by atoms with Gasteiger partial charge in [0.05, 0.1) is 24.6 Å². The fourth-order valence-electron chi connectivity index (χ4n) is 3.95. The van der Waals surface area contributed by atoms with E-state index < -0.39 is 11.8 Å². The number of benzene rings is 3. The summed E-state index contributed by atoms with van der Waals surface area (Å²) in [5, 5.41) is 0.0981. The number of carbonyl (C=O) groups is 2. The van der Waals surface area contributed by atoms with Crippen molar-refractivity contribution in [2.24, 2.45) is 0 Å². The van der Waals surface area contributed by atoms with Crippen molar-refractivity contribution in [2.45, 2.75) is 33.8 Å². The molecule has 0 atom stereocenters. The molecule has 7 heteroatoms. The lowest BCUT2D eigenvalue weighted by Gasteiger charge is -2.36. The molecule has 1 fully saturated rings. The largest absolute Gasteiger partial charge is 0.493 e. The highest BCUT2D eigenvalue weighted by Crippen LogP contribution is 2.36. The normalized spacial score (nSPS) is 15.2. The minimum Gasteiger partial charge on any atom is -0.493 e. The van der Waals surface area contributed by atoms with Gasteiger partial charge in [-0.15, -0.1) is 0 Å². The number of hydrogen-bond donors (Lipinski definition) is 0. The molecule has 0 saturated carbocycles. The predicted octanol–water partition coefficient (Wildman–Crippen LogP) is 5.85. The van der Waals surface area contributed by atoms with Crippen LogP contribution in [-0.2, 0) is 9.59 Å². The fourth-order valence-corrected chi connectivity index (χ4v) is 4.33. The summed E-state index contributed by atoms with van der Waals surface area (Å²) in [5.74, 6) is -0.0381. The highest BCUT2D eigenvalue weighted by molar-refractivity contribution is 7.81. The van der Waals surface area contributed by atoms with Gasteiger partial charge in [-0.3, -0.25) is 19.4 Å². The zero-order valence-electron chi connectivity index (χ0n) is 20.9. The Morgan fingerprint density at radius 3 is 2.11 bits per heavy atom. The van der Waals surface area contributed by atoms with Gasteiger partial charge < -0.3 is 9.47 Å². The van der Waals surface area contributed by atoms with Crippen LogP contribution in [-0.4, -0.2) is 30.1 Å². The van der Waals surface area contributed by atoms with E-state index in [-0.39, 0.29) is 16.8 Å². The number of aryl methyl sites for hydroxylation is 2. The molecule has 0 unspecified atom stereocenters. The van der Waals surface area contributed by atoms with Crippen LogP contribution in [0.15, 0.2) is 72.3 Å². The highest BCUT2D eigenvalue weighted by Gasteiger charge is 2.41. The van der Waals surface area contributed by atoms with E-state index in [0.717, 1.165) is 11.1 Å². The van der Waals surface area contributed by atoms with Gasteiger partial charge in [-0.1, -0.05) is 36.4 Å². The lowest BCUT2D eigenvalue weighted by Crippen LogP contribution is -2.57. The average Bonchev–Trinajstić information content (AvgIpc) is 2.85. The van der Waals surface area contributed by atoms with Crippen LogP contribution in [0.2, 0.25) is 0 Å². The van der Waals surface area contributed by atoms with E-state index >= 15 is 0 Å². The van der Waals surface area contributed by atoms with Gasteiger partial charge in [0.2, 0.25) is 0 Å². The minimum atomic E-state index is -0.505. The number of carbonyl (C=O) groups excluding carboxylic acids is 2. The van der Waals surface area contributed by atoms with Gasteiger partial charge in [0.1, 0.15) is 5.57 Å². The Balaban J connectivity index is 1.91. The number of amides is 2. The SMILES string of the molecule is COc1cccc(/C=C2/C(=O)N(c3ccccc3)C(=S)N(c3ccc(C)c(C)c3)C2=O)c1OC(C)C. The third-order valence-corrected chi connectivity index (χ3v) is 6.26. The first-order valence-corrected chi connectivity index (χ1v) is 12.0. The van der Waals surface area contributed by atoms with Gasteiger partial charge in [0, 0.05) is 5.56 Å². The maximum Gasteiger partial charge on any atom is 0.270 e. The summed E-state index contributed by atoms with van der Waals surface area (Å²) >= 11 is 5.72. The van der Waals surface area contributed by atoms with Crippen LogP contribution in [0.3, 0.4) is 0 Å². The van der Waals surface area contributed by atoms with Crippen molar-refractivity contribution in [3.8, 4) is 11.5 Å². The predicted molar refractivity (Wildman–Crippen MR) is 147 cm³/mol. The third kappa shape index (κ3) is 4.75. The second kappa shape index (κ2) is 10.3. The summed E-state index contributed by atoms with van der Waals surface area (Å²) in [6.45, 7) is 7.77. The molecule has 2 amide bonds. The molecule has 4 rings (SSSR count). The summed E-state index contributed by atoms with van der Waals surface area (Å²) < 4.78 is 11.5. The number of nitrogens with zero attached hydrogens (tertiary/aromatic N) is 2. The Bertz CT molecular complexity index is 1360. The van der Waals surface area contributed by atoms with Gasteiger partial charge in [0.15, 0.2) is 16.6 Å². The van der Waals surface area contributed by atoms with E-state index in [0.29, 0.717) is 28.4 Å². The molecular weight excluding hydrogens is 472 g/mol. The molecule has 1 aliphatic rings. The number of methoxy groups -OCH3 is 1. The van der Waals surface area contributed by atoms with E-state index in [1.807, 2.05) is 64.1 Å². The first kappa shape index (κ1) is 25.1. The van der Waals surface area contributed by atoms with Crippen molar-refractivity contribution in [3.05, 3.63) is 89.0 Å². The quantitative estimate of drug-likeness (QED) is 0.242. The van der Waals surface area contributed by atoms with Crippen molar-refractivity contribution in [1.82, 2.24) is 0 Å². The van der Waals surface area contributed by atoms with Crippen LogP contribution in [0.5, 0.6) is 11.5 Å². The molecule has 1 heterocycles. The summed E-state index contributed by atoms with van der Waals surface area (Å²) in [7, 11) is 1.55. The molecule has 6 nitrogen and oxygen atoms in total. The van der Waals surface area contributed by atoms with Crippen LogP contribution in [0.4, 0.5) is 11.4 Å². The molecule has 0 bridgehead atoms. The van der Waals surface area contributed by atoms with Gasteiger partial charge >= 0.3 is 0 Å². The number of hydrogen-bond acceptors (Lipinski definition) is 5. The lowest BCUT2D eigenvalue weighted by molar-refractivity contribution is -0.120. The Morgan fingerprint density at radius 1 is 0.833 bits per heavy atom. The van der Waals surface area contributed by atoms with Crippen LogP contribution in [0.25, 0.3) is 6.08 Å². The molecule has 0 aliphatic carbocycles. The van der Waals surface area contributed by atoms with Crippen molar-refractivity contribution in [1.29, 1.82) is 0 Å². The minimum absolute atomic E-state index is 0.0347. The molecule has 0 radical (unpaired) electrons. The summed E-state index contributed by atoms with van der Waals surface area (Å²) in [5.41, 5.74) is 3.79. The van der Waals surface area contributed by atoms with E-state index in [2.05, 4.69) is 0 Å². The van der Waals surface area contributed by atoms with Gasteiger partial charge in [-0.2, -0.15) is 0 Å². The lowest BCUT2D eigenvalue weighted by atomic mass is 10.0. The molecule has 0 N–H and O–H groups in total. The number of thiocarbonyl (C=S) groups is 1. The van der Waals surface area contributed by atoms with Gasteiger partial charge in [-0.25, -0.2) is 0 Å². The second-order valence-corrected chi connectivity index (χ2v) is 9.14. The van der Waals surface area contributed by atoms with E-state index in [4.69, 9.17) is 21.7 Å². The number of rotatable bonds is 6. The topological polar surface area (TPSA) is 59.1 Å². The Labute approximate surface area is 216 Å². The molecular formula is C29H28N2O4S. The number of anilines is 2. The average molecular weight is 501 g/mol. The van der Waals surface area contributed by atoms with Crippen LogP contribution < -0.4 is 19.3 Å². The van der Waals surface area contributed by atoms with Crippen LogP contribution in [0.1, 0.15) is 30.5 Å². The molecule has 36 heavy (non-hydrogen) atoms. The van der Waals surface area contributed by atoms with E-state index in [1.165, 1.54) is 9.80 Å². The molecule has 1 saturated heterocycles. The summed E-state index contributed by atoms with van der Waals surface area (Å²) in [6.07, 6.45) is 1.41. The van der Waals surface area contributed by atoms with Crippen molar-refractivity contribution >= 4 is 46.6 Å². The maximum atomic E-state index is 13.9. The van der Waals surface area contributed by atoms with Gasteiger partial charge in [0.25, 0.3) is 11.8 Å². The van der Waals surface area contributed by atoms with Crippen molar-refractivity contribution in [2.75, 3.05) is 16.9 Å². The fraction of sp³-hybridized carbons (Fsp3) is 0.207. The molecule has 184 valence electrons. The maximum absolute atomic E-state index is 13.9. The first-order valence-electron chi connectivity index (χ1n) is 11.6. The Morgan fingerprint density at radius 2 is 1.50 bits per heavy atom. The van der Waals surface area contributed by atoms with E-state index in [1.54, 1.807) is 43.5 Å². The third-order valence-electron chi connectivity index (χ3n) is 5.90. The monoisotopic (exact) mass is 500 g/mol. The summed E-state index contributed by atoms with van der Waals surface area (Å²) in [6, 6.07) is 20.1. The van der Waals surface area contributed by atoms with Crippen LogP contribution >= 0.6 is 12.2 Å². The molecule has 0 aromatic heterocycles. The zero-order valence-corrected chi connectivity index (χ0v) is 21.8. The summed E-state index contributed by atoms with van der Waals surface area (Å²) in [4.78, 5) is 30.4.